The number of nitrogens with one attached hydrogen (secondary N) is 2. The van der Waals surface area contributed by atoms with Crippen LogP contribution in [0, 0.1) is 3.57 Å². The maximum Gasteiger partial charge on any atom is 1.00 e. The van der Waals surface area contributed by atoms with Gasteiger partial charge in [0, 0.05) is 31.5 Å². The van der Waals surface area contributed by atoms with Gasteiger partial charge in [-0.15, -0.1) is 0 Å². The SMILES string of the molecule is CN(C)[C@H]1CCCC[C@@H]1N(C)C.O=C1Cc2ccc(Br)cc2N1.O=C1Cc2ccc(I)cc2N1.[I-].[Na+]. The fourth-order valence-electron chi connectivity index (χ4n) is 4.67. The third-order valence-corrected chi connectivity index (χ3v) is 7.58. The molecule has 36 heavy (non-hydrogen) atoms. The third kappa shape index (κ3) is 10.1. The van der Waals surface area contributed by atoms with E-state index in [1.807, 2.05) is 36.4 Å². The normalized spacial score (nSPS) is 19.3. The van der Waals surface area contributed by atoms with Crippen LogP contribution in [0.2, 0.25) is 0 Å². The van der Waals surface area contributed by atoms with Crippen LogP contribution in [0.15, 0.2) is 40.9 Å². The molecule has 0 spiro atoms. The largest absolute Gasteiger partial charge is 1.00 e. The molecule has 2 amide bonds. The fourth-order valence-corrected chi connectivity index (χ4v) is 5.52. The molecule has 2 aromatic carbocycles. The van der Waals surface area contributed by atoms with Gasteiger partial charge in [0.15, 0.2) is 0 Å². The summed E-state index contributed by atoms with van der Waals surface area (Å²) in [5.74, 6) is 0.181. The van der Waals surface area contributed by atoms with Gasteiger partial charge in [0.2, 0.25) is 11.8 Å². The van der Waals surface area contributed by atoms with Crippen LogP contribution in [0.25, 0.3) is 0 Å². The molecule has 6 nitrogen and oxygen atoms in total. The summed E-state index contributed by atoms with van der Waals surface area (Å²) in [7, 11) is 8.80. The molecule has 0 radical (unpaired) electrons. The van der Waals surface area contributed by atoms with Crippen LogP contribution in [0.1, 0.15) is 36.8 Å². The van der Waals surface area contributed by atoms with Crippen molar-refractivity contribution in [3.8, 4) is 0 Å². The summed E-state index contributed by atoms with van der Waals surface area (Å²) in [6.45, 7) is 0. The second-order valence-corrected chi connectivity index (χ2v) is 11.6. The van der Waals surface area contributed by atoms with Crippen molar-refractivity contribution in [1.29, 1.82) is 0 Å². The third-order valence-electron chi connectivity index (χ3n) is 6.41. The molecule has 2 aliphatic heterocycles. The van der Waals surface area contributed by atoms with E-state index in [4.69, 9.17) is 0 Å². The molecule has 1 aliphatic carbocycles. The molecule has 0 bridgehead atoms. The van der Waals surface area contributed by atoms with E-state index in [-0.39, 0.29) is 65.3 Å². The number of benzene rings is 2. The zero-order valence-corrected chi connectivity index (χ0v) is 29.6. The van der Waals surface area contributed by atoms with Gasteiger partial charge in [0.05, 0.1) is 12.8 Å². The van der Waals surface area contributed by atoms with Crippen molar-refractivity contribution in [3.05, 3.63) is 55.6 Å². The molecule has 0 unspecified atom stereocenters. The number of hydrogen-bond donors (Lipinski definition) is 2. The van der Waals surface area contributed by atoms with E-state index in [1.54, 1.807) is 0 Å². The summed E-state index contributed by atoms with van der Waals surface area (Å²) in [5.41, 5.74) is 4.10. The molecule has 1 saturated carbocycles. The van der Waals surface area contributed by atoms with Crippen LogP contribution in [-0.2, 0) is 22.4 Å². The first kappa shape index (κ1) is 34.3. The second-order valence-electron chi connectivity index (χ2n) is 9.40. The molecule has 192 valence electrons. The van der Waals surface area contributed by atoms with E-state index < -0.39 is 0 Å². The Morgan fingerprint density at radius 3 is 1.72 bits per heavy atom. The van der Waals surface area contributed by atoms with E-state index in [2.05, 4.69) is 87.1 Å². The van der Waals surface area contributed by atoms with Gasteiger partial charge in [0.1, 0.15) is 0 Å². The fraction of sp³-hybridized carbons (Fsp3) is 0.462. The smallest absolute Gasteiger partial charge is 1.00 e. The number of anilines is 2. The average Bonchev–Trinajstić information content (AvgIpc) is 3.34. The predicted octanol–water partition coefficient (Wildman–Crippen LogP) is -0.842. The summed E-state index contributed by atoms with van der Waals surface area (Å²) in [6, 6.07) is 13.4. The Kier molecular flexibility index (Phi) is 15.6. The monoisotopic (exact) mass is 790 g/mol. The van der Waals surface area contributed by atoms with Gasteiger partial charge in [-0.05, 0) is 99.0 Å². The van der Waals surface area contributed by atoms with E-state index in [0.29, 0.717) is 12.8 Å². The molecule has 2 N–H and O–H groups in total. The summed E-state index contributed by atoms with van der Waals surface area (Å²) in [4.78, 5) is 26.5. The van der Waals surface area contributed by atoms with Crippen LogP contribution in [-0.4, -0.2) is 61.9 Å². The molecule has 5 rings (SSSR count). The van der Waals surface area contributed by atoms with Crippen molar-refractivity contribution in [2.24, 2.45) is 0 Å². The minimum atomic E-state index is 0. The average molecular weight is 791 g/mol. The molecule has 2 aromatic rings. The summed E-state index contributed by atoms with van der Waals surface area (Å²) < 4.78 is 2.15. The first-order valence-electron chi connectivity index (χ1n) is 11.6. The van der Waals surface area contributed by atoms with Gasteiger partial charge in [0.25, 0.3) is 0 Å². The molecule has 1 fully saturated rings. The van der Waals surface area contributed by atoms with Gasteiger partial charge >= 0.3 is 29.6 Å². The quantitative estimate of drug-likeness (QED) is 0.308. The minimum Gasteiger partial charge on any atom is -1.00 e. The van der Waals surface area contributed by atoms with Crippen LogP contribution in [0.3, 0.4) is 0 Å². The van der Waals surface area contributed by atoms with Crippen LogP contribution in [0.5, 0.6) is 0 Å². The molecule has 3 aliphatic rings. The van der Waals surface area contributed by atoms with Crippen molar-refractivity contribution < 1.29 is 63.1 Å². The number of halogens is 3. The molecule has 10 heteroatoms. The number of amides is 2. The number of carbonyl (C=O) groups is 2. The number of fused-ring (bicyclic) bond motifs is 2. The van der Waals surface area contributed by atoms with E-state index in [0.717, 1.165) is 42.6 Å². The Labute approximate surface area is 276 Å². The molecule has 0 aromatic heterocycles. The molecule has 0 saturated heterocycles. The zero-order valence-electron chi connectivity index (χ0n) is 21.7. The van der Waals surface area contributed by atoms with Gasteiger partial charge in [-0.1, -0.05) is 40.9 Å². The summed E-state index contributed by atoms with van der Waals surface area (Å²) in [6.07, 6.45) is 6.61. The maximum absolute atomic E-state index is 10.9. The van der Waals surface area contributed by atoms with E-state index in [9.17, 15) is 9.59 Å². The predicted molar refractivity (Wildman–Crippen MR) is 151 cm³/mol. The van der Waals surface area contributed by atoms with Gasteiger partial charge in [-0.3, -0.25) is 9.59 Å². The van der Waals surface area contributed by atoms with Crippen molar-refractivity contribution in [1.82, 2.24) is 9.80 Å². The van der Waals surface area contributed by atoms with Crippen molar-refractivity contribution in [2.75, 3.05) is 38.8 Å². The Bertz CT molecular complexity index is 957. The first-order chi connectivity index (χ1) is 16.1. The van der Waals surface area contributed by atoms with Gasteiger partial charge < -0.3 is 44.4 Å². The van der Waals surface area contributed by atoms with Crippen molar-refractivity contribution >= 4 is 61.7 Å². The Morgan fingerprint density at radius 1 is 0.806 bits per heavy atom. The van der Waals surface area contributed by atoms with Crippen molar-refractivity contribution in [3.63, 3.8) is 0 Å². The summed E-state index contributed by atoms with van der Waals surface area (Å²) >= 11 is 5.56. The Hall–Kier alpha value is 0.240. The molecular formula is C26H34BrI2N4NaO2. The summed E-state index contributed by atoms with van der Waals surface area (Å²) in [5, 5.41) is 5.56. The molecule has 2 atom stereocenters. The van der Waals surface area contributed by atoms with Crippen LogP contribution >= 0.6 is 38.5 Å². The zero-order chi connectivity index (χ0) is 24.8. The maximum atomic E-state index is 10.9. The number of rotatable bonds is 2. The van der Waals surface area contributed by atoms with E-state index >= 15 is 0 Å². The van der Waals surface area contributed by atoms with Crippen molar-refractivity contribution in [2.45, 2.75) is 50.6 Å². The molecular weight excluding hydrogens is 757 g/mol. The topological polar surface area (TPSA) is 64.7 Å². The number of carbonyl (C=O) groups excluding carboxylic acids is 2. The minimum absolute atomic E-state index is 0. The Morgan fingerprint density at radius 2 is 1.25 bits per heavy atom. The van der Waals surface area contributed by atoms with Crippen LogP contribution < -0.4 is 64.2 Å². The Balaban J connectivity index is 0.000000263. The van der Waals surface area contributed by atoms with Gasteiger partial charge in [-0.2, -0.15) is 0 Å². The second kappa shape index (κ2) is 16.4. The standard InChI is InChI=1S/C10H22N2.C8H6BrNO.C8H6INO.HI.Na/c1-11(2)9-7-5-6-8-10(9)12(3)4;2*9-6-2-1-5-3-8(11)10-7(5)4-6;;/h9-10H,5-8H2,1-4H3;2*1-2,4H,3H2,(H,10,11);1H;/q;;;;+1/p-1/t9-,10-;;;;/m0..../s1. The number of nitrogens with zero attached hydrogens (tertiary/aromatic N) is 2. The van der Waals surface area contributed by atoms with E-state index in [1.165, 1.54) is 25.7 Å². The van der Waals surface area contributed by atoms with Crippen LogP contribution in [0.4, 0.5) is 11.4 Å². The number of likely N-dealkylation sites (N-methyl/N-ethyl adjacent to an activating group) is 2. The van der Waals surface area contributed by atoms with Gasteiger partial charge in [-0.25, -0.2) is 0 Å². The first-order valence-corrected chi connectivity index (χ1v) is 13.5. The molecule has 2 heterocycles. The number of hydrogen-bond acceptors (Lipinski definition) is 4.